The largest absolute Gasteiger partial charge is 0.452 e. The molecule has 1 aromatic carbocycles. The second kappa shape index (κ2) is 8.04. The van der Waals surface area contributed by atoms with E-state index < -0.39 is 16.1 Å². The molecule has 3 heterocycles. The molecular weight excluding hydrogens is 435 g/mol. The predicted molar refractivity (Wildman–Crippen MR) is 117 cm³/mol. The second-order valence-corrected chi connectivity index (χ2v) is 8.90. The Labute approximate surface area is 184 Å². The van der Waals surface area contributed by atoms with Crippen LogP contribution in [0.1, 0.15) is 0 Å². The summed E-state index contributed by atoms with van der Waals surface area (Å²) < 4.78 is 46.0. The molecule has 0 fully saturated rings. The highest BCUT2D eigenvalue weighted by Gasteiger charge is 2.29. The lowest BCUT2D eigenvalue weighted by Crippen LogP contribution is -2.33. The Morgan fingerprint density at radius 2 is 1.69 bits per heavy atom. The molecule has 0 spiro atoms. The zero-order chi connectivity index (χ0) is 23.0. The van der Waals surface area contributed by atoms with E-state index in [4.69, 9.17) is 0 Å². The van der Waals surface area contributed by atoms with Crippen LogP contribution >= 0.6 is 0 Å². The minimum absolute atomic E-state index is 0.301. The molecule has 0 radical (unpaired) electrons. The van der Waals surface area contributed by atoms with Gasteiger partial charge in [0, 0.05) is 37.4 Å². The Morgan fingerprint density at radius 3 is 2.31 bits per heavy atom. The molecule has 0 atom stereocenters. The Kier molecular flexibility index (Phi) is 5.39. The summed E-state index contributed by atoms with van der Waals surface area (Å²) in [7, 11) is -0.276. The van der Waals surface area contributed by atoms with E-state index in [2.05, 4.69) is 14.7 Å². The van der Waals surface area contributed by atoms with Crippen molar-refractivity contribution in [3.05, 3.63) is 66.7 Å². The van der Waals surface area contributed by atoms with Crippen LogP contribution in [-0.4, -0.2) is 47.5 Å². The third-order valence-electron chi connectivity index (χ3n) is 5.15. The van der Waals surface area contributed by atoms with Crippen LogP contribution in [0, 0.1) is 5.82 Å². The van der Waals surface area contributed by atoms with Gasteiger partial charge in [-0.15, -0.1) is 0 Å². The maximum absolute atomic E-state index is 13.5. The first kappa shape index (κ1) is 21.4. The van der Waals surface area contributed by atoms with Gasteiger partial charge in [-0.25, -0.2) is 18.5 Å². The van der Waals surface area contributed by atoms with Crippen molar-refractivity contribution in [2.75, 3.05) is 14.2 Å². The maximum Gasteiger partial charge on any atom is 0.423 e. The number of carbonyl (C=O) groups excluding carboxylic acids is 1. The normalized spacial score (nSPS) is 11.5. The third-order valence-corrected chi connectivity index (χ3v) is 6.78. The maximum atomic E-state index is 13.5. The summed E-state index contributed by atoms with van der Waals surface area (Å²) in [5.74, 6) is -0.365. The van der Waals surface area contributed by atoms with Gasteiger partial charge in [0.2, 0.25) is 0 Å². The van der Waals surface area contributed by atoms with Gasteiger partial charge in [-0.2, -0.15) is 8.42 Å². The van der Waals surface area contributed by atoms with E-state index in [-0.39, 0.29) is 10.8 Å². The van der Waals surface area contributed by atoms with Gasteiger partial charge in [0.05, 0.1) is 12.8 Å². The average molecular weight is 454 g/mol. The molecule has 0 aliphatic heterocycles. The molecule has 4 rings (SSSR count). The zero-order valence-electron chi connectivity index (χ0n) is 17.5. The van der Waals surface area contributed by atoms with Crippen LogP contribution in [0.5, 0.6) is 0 Å². The lowest BCUT2D eigenvalue weighted by Gasteiger charge is -2.15. The number of carbonyl (C=O) groups is 1. The van der Waals surface area contributed by atoms with Crippen molar-refractivity contribution >= 4 is 27.1 Å². The molecule has 0 unspecified atom stereocenters. The summed E-state index contributed by atoms with van der Waals surface area (Å²) in [5, 5.41) is 0.392. The Morgan fingerprint density at radius 1 is 1.03 bits per heavy atom. The van der Waals surface area contributed by atoms with E-state index in [0.717, 1.165) is 36.5 Å². The lowest BCUT2D eigenvalue weighted by atomic mass is 10.00. The number of hydrogen-bond donors (Lipinski definition) is 0. The number of benzene rings is 1. The Bertz CT molecular complexity index is 1420. The average Bonchev–Trinajstić information content (AvgIpc) is 3.11. The quantitative estimate of drug-likeness (QED) is 0.465. The summed E-state index contributed by atoms with van der Waals surface area (Å²) >= 11 is 0. The van der Waals surface area contributed by atoms with Gasteiger partial charge in [-0.1, -0.05) is 0 Å². The van der Waals surface area contributed by atoms with Crippen molar-refractivity contribution in [2.45, 2.75) is 5.03 Å². The number of fused-ring (bicyclic) bond motifs is 1. The molecule has 1 amide bonds. The van der Waals surface area contributed by atoms with Crippen LogP contribution in [0.25, 0.3) is 33.4 Å². The molecule has 8 nitrogen and oxygen atoms in total. The molecule has 164 valence electrons. The number of aryl methyl sites for hydroxylation is 1. The van der Waals surface area contributed by atoms with Gasteiger partial charge in [0.15, 0.2) is 5.03 Å². The molecule has 32 heavy (non-hydrogen) atoms. The van der Waals surface area contributed by atoms with Gasteiger partial charge in [0.25, 0.3) is 10.0 Å². The van der Waals surface area contributed by atoms with Crippen molar-refractivity contribution in [3.63, 3.8) is 0 Å². The fourth-order valence-corrected chi connectivity index (χ4v) is 4.54. The highest BCUT2D eigenvalue weighted by Crippen LogP contribution is 2.40. The number of ether oxygens (including phenoxy) is 1. The van der Waals surface area contributed by atoms with Crippen molar-refractivity contribution in [3.8, 4) is 22.4 Å². The SMILES string of the molecule is COC(=O)N(C)S(=O)(=O)c1ccc2c(-c3ccncc3)c(-c3ccc(F)cc3)n(C)c2n1. The number of sulfonamides is 1. The van der Waals surface area contributed by atoms with Crippen LogP contribution in [-0.2, 0) is 21.8 Å². The van der Waals surface area contributed by atoms with Gasteiger partial charge < -0.3 is 9.30 Å². The highest BCUT2D eigenvalue weighted by molar-refractivity contribution is 7.89. The van der Waals surface area contributed by atoms with E-state index >= 15 is 0 Å². The summed E-state index contributed by atoms with van der Waals surface area (Å²) in [4.78, 5) is 20.2. The van der Waals surface area contributed by atoms with Gasteiger partial charge in [-0.3, -0.25) is 4.98 Å². The highest BCUT2D eigenvalue weighted by atomic mass is 32.2. The van der Waals surface area contributed by atoms with E-state index in [1.54, 1.807) is 42.2 Å². The van der Waals surface area contributed by atoms with Gasteiger partial charge in [0.1, 0.15) is 11.5 Å². The number of methoxy groups -OCH3 is 1. The molecule has 0 saturated carbocycles. The van der Waals surface area contributed by atoms with Gasteiger partial charge >= 0.3 is 6.09 Å². The minimum Gasteiger partial charge on any atom is -0.452 e. The van der Waals surface area contributed by atoms with Crippen molar-refractivity contribution in [1.82, 2.24) is 18.8 Å². The lowest BCUT2D eigenvalue weighted by molar-refractivity contribution is 0.154. The number of pyridine rings is 2. The Balaban J connectivity index is 2.00. The first-order valence-corrected chi connectivity index (χ1v) is 10.9. The summed E-state index contributed by atoms with van der Waals surface area (Å²) in [6.45, 7) is 0. The van der Waals surface area contributed by atoms with Crippen LogP contribution in [0.15, 0.2) is 66.0 Å². The monoisotopic (exact) mass is 454 g/mol. The fraction of sp³-hybridized carbons (Fsp3) is 0.136. The number of aromatic nitrogens is 3. The zero-order valence-corrected chi connectivity index (χ0v) is 18.3. The van der Waals surface area contributed by atoms with E-state index in [9.17, 15) is 17.6 Å². The minimum atomic E-state index is -4.22. The van der Waals surface area contributed by atoms with Crippen LogP contribution in [0.2, 0.25) is 0 Å². The fourth-order valence-electron chi connectivity index (χ4n) is 3.55. The van der Waals surface area contributed by atoms with E-state index in [1.807, 2.05) is 12.1 Å². The molecule has 0 saturated heterocycles. The standard InChI is InChI=1S/C22H19FN4O4S/c1-26-20(15-4-6-16(23)7-5-15)19(14-10-12-24-13-11-14)17-8-9-18(25-21(17)26)32(29,30)27(2)22(28)31-3/h4-13H,1-3H3. The molecule has 10 heteroatoms. The molecule has 0 N–H and O–H groups in total. The molecule has 3 aromatic heterocycles. The molecule has 0 bridgehead atoms. The van der Waals surface area contributed by atoms with Crippen LogP contribution < -0.4 is 0 Å². The first-order valence-electron chi connectivity index (χ1n) is 9.48. The molecular formula is C22H19FN4O4S. The number of rotatable bonds is 4. The second-order valence-electron chi connectivity index (χ2n) is 6.99. The summed E-state index contributed by atoms with van der Waals surface area (Å²) in [6.07, 6.45) is 2.28. The molecule has 4 aromatic rings. The number of nitrogens with zero attached hydrogens (tertiary/aromatic N) is 4. The van der Waals surface area contributed by atoms with Gasteiger partial charge in [-0.05, 0) is 59.7 Å². The number of amides is 1. The first-order chi connectivity index (χ1) is 15.3. The predicted octanol–water partition coefficient (Wildman–Crippen LogP) is 3.83. The molecule has 0 aliphatic rings. The smallest absolute Gasteiger partial charge is 0.423 e. The van der Waals surface area contributed by atoms with Crippen molar-refractivity contribution in [2.24, 2.45) is 7.05 Å². The summed E-state index contributed by atoms with van der Waals surface area (Å²) in [6, 6.07) is 12.7. The van der Waals surface area contributed by atoms with Crippen LogP contribution in [0.3, 0.4) is 0 Å². The van der Waals surface area contributed by atoms with Crippen molar-refractivity contribution < 1.29 is 22.3 Å². The number of halogens is 1. The van der Waals surface area contributed by atoms with E-state index in [1.165, 1.54) is 18.2 Å². The van der Waals surface area contributed by atoms with Crippen LogP contribution in [0.4, 0.5) is 9.18 Å². The van der Waals surface area contributed by atoms with E-state index in [0.29, 0.717) is 15.3 Å². The topological polar surface area (TPSA) is 94.4 Å². The summed E-state index contributed by atoms with van der Waals surface area (Å²) in [5.41, 5.74) is 3.49. The van der Waals surface area contributed by atoms with Crippen molar-refractivity contribution in [1.29, 1.82) is 0 Å². The third kappa shape index (κ3) is 3.48. The Hall–Kier alpha value is -3.79. The molecule has 0 aliphatic carbocycles. The number of hydrogen-bond acceptors (Lipinski definition) is 6.